The van der Waals surface area contributed by atoms with E-state index in [4.69, 9.17) is 5.26 Å². The molecule has 1 amide bonds. The van der Waals surface area contributed by atoms with Crippen LogP contribution in [0.2, 0.25) is 0 Å². The number of pyridine rings is 1. The summed E-state index contributed by atoms with van der Waals surface area (Å²) in [5.41, 5.74) is -0.458. The third-order valence-corrected chi connectivity index (χ3v) is 3.99. The number of hydrogen-bond acceptors (Lipinski definition) is 7. The van der Waals surface area contributed by atoms with E-state index in [1.165, 1.54) is 6.92 Å². The minimum Gasteiger partial charge on any atom is -0.370 e. The molecule has 0 aliphatic carbocycles. The van der Waals surface area contributed by atoms with Gasteiger partial charge in [0.05, 0.1) is 5.56 Å². The number of nitrogens with two attached hydrogens (primary N) is 1. The van der Waals surface area contributed by atoms with Gasteiger partial charge in [0.1, 0.15) is 11.1 Å². The third-order valence-electron chi connectivity index (χ3n) is 2.35. The average Bonchev–Trinajstić information content (AvgIpc) is 2.44. The predicted octanol–water partition coefficient (Wildman–Crippen LogP) is 2.35. The first-order chi connectivity index (χ1) is 11.4. The maximum atomic E-state index is 12.3. The first-order valence-corrected chi connectivity index (χ1v) is 9.27. The van der Waals surface area contributed by atoms with Gasteiger partial charge < -0.3 is 9.92 Å². The van der Waals surface area contributed by atoms with Crippen LogP contribution in [0.25, 0.3) is 0 Å². The van der Waals surface area contributed by atoms with Gasteiger partial charge in [-0.3, -0.25) is 4.79 Å². The molecule has 0 aliphatic heterocycles. The molecule has 1 aromatic rings. The molecule has 1 aromatic heterocycles. The minimum atomic E-state index is -5.78. The SMILES string of the molecule is CC(N)=O.CCCc1cc(OS(=O)(=O)C(F)(F)F)nc(SC)c1C#N. The highest BCUT2D eigenvalue weighted by molar-refractivity contribution is 7.98. The average molecular weight is 399 g/mol. The van der Waals surface area contributed by atoms with Crippen LogP contribution in [-0.4, -0.2) is 31.1 Å². The van der Waals surface area contributed by atoms with Crippen LogP contribution in [0, 0.1) is 11.3 Å². The molecule has 0 atom stereocenters. The molecule has 0 fully saturated rings. The molecule has 0 bridgehead atoms. The lowest BCUT2D eigenvalue weighted by atomic mass is 10.1. The molecule has 12 heteroatoms. The van der Waals surface area contributed by atoms with Gasteiger partial charge in [0.25, 0.3) is 0 Å². The second kappa shape index (κ2) is 9.47. The van der Waals surface area contributed by atoms with Crippen molar-refractivity contribution >= 4 is 27.8 Å². The largest absolute Gasteiger partial charge is 0.534 e. The van der Waals surface area contributed by atoms with Crippen LogP contribution in [0.3, 0.4) is 0 Å². The fourth-order valence-corrected chi connectivity index (χ4v) is 2.45. The molecule has 0 unspecified atom stereocenters. The first kappa shape index (κ1) is 23.0. The van der Waals surface area contributed by atoms with Crippen molar-refractivity contribution in [2.45, 2.75) is 37.2 Å². The molecule has 0 aliphatic rings. The van der Waals surface area contributed by atoms with Crippen molar-refractivity contribution in [1.82, 2.24) is 4.98 Å². The molecule has 1 heterocycles. The van der Waals surface area contributed by atoms with E-state index in [1.807, 2.05) is 13.0 Å². The Bertz CT molecular complexity index is 755. The number of nitrogens with zero attached hydrogens (tertiary/aromatic N) is 2. The van der Waals surface area contributed by atoms with Crippen LogP contribution >= 0.6 is 11.8 Å². The summed E-state index contributed by atoms with van der Waals surface area (Å²) in [7, 11) is -5.78. The summed E-state index contributed by atoms with van der Waals surface area (Å²) in [6.07, 6.45) is 2.58. The summed E-state index contributed by atoms with van der Waals surface area (Å²) < 4.78 is 62.9. The summed E-state index contributed by atoms with van der Waals surface area (Å²) >= 11 is 1.02. The molecule has 1 rings (SSSR count). The van der Waals surface area contributed by atoms with E-state index in [0.717, 1.165) is 17.8 Å². The Hall–Kier alpha value is -2.00. The minimum absolute atomic E-state index is 0.121. The van der Waals surface area contributed by atoms with Crippen LogP contribution < -0.4 is 9.92 Å². The van der Waals surface area contributed by atoms with E-state index in [1.54, 1.807) is 6.26 Å². The normalized spacial score (nSPS) is 11.1. The number of thioether (sulfide) groups is 1. The summed E-state index contributed by atoms with van der Waals surface area (Å²) in [6.45, 7) is 3.12. The zero-order valence-corrected chi connectivity index (χ0v) is 15.2. The molecular weight excluding hydrogens is 383 g/mol. The van der Waals surface area contributed by atoms with Crippen LogP contribution in [0.4, 0.5) is 13.2 Å². The lowest BCUT2D eigenvalue weighted by Crippen LogP contribution is -2.28. The number of nitriles is 1. The van der Waals surface area contributed by atoms with Crippen LogP contribution in [0.5, 0.6) is 5.88 Å². The highest BCUT2D eigenvalue weighted by Crippen LogP contribution is 2.30. The Balaban J connectivity index is 0.00000129. The van der Waals surface area contributed by atoms with Crippen molar-refractivity contribution in [2.75, 3.05) is 6.26 Å². The van der Waals surface area contributed by atoms with Gasteiger partial charge in [0.2, 0.25) is 11.8 Å². The van der Waals surface area contributed by atoms with Crippen molar-refractivity contribution in [2.24, 2.45) is 5.73 Å². The molecule has 0 saturated carbocycles. The molecule has 140 valence electrons. The van der Waals surface area contributed by atoms with Gasteiger partial charge >= 0.3 is 15.6 Å². The lowest BCUT2D eigenvalue weighted by Gasteiger charge is -2.12. The van der Waals surface area contributed by atoms with Gasteiger partial charge in [-0.25, -0.2) is 4.98 Å². The summed E-state index contributed by atoms with van der Waals surface area (Å²) in [5, 5.41) is 9.19. The van der Waals surface area contributed by atoms with Crippen molar-refractivity contribution in [3.63, 3.8) is 0 Å². The lowest BCUT2D eigenvalue weighted by molar-refractivity contribution is -0.115. The predicted molar refractivity (Wildman–Crippen MR) is 85.2 cm³/mol. The Kier molecular flexibility index (Phi) is 8.72. The maximum absolute atomic E-state index is 12.3. The van der Waals surface area contributed by atoms with Crippen molar-refractivity contribution in [3.8, 4) is 11.9 Å². The quantitative estimate of drug-likeness (QED) is 0.458. The Morgan fingerprint density at radius 3 is 2.36 bits per heavy atom. The highest BCUT2D eigenvalue weighted by Gasteiger charge is 2.49. The highest BCUT2D eigenvalue weighted by atomic mass is 32.2. The summed E-state index contributed by atoms with van der Waals surface area (Å²) in [6, 6.07) is 2.96. The Morgan fingerprint density at radius 1 is 1.48 bits per heavy atom. The molecule has 0 saturated heterocycles. The maximum Gasteiger partial charge on any atom is 0.534 e. The fraction of sp³-hybridized carbons (Fsp3) is 0.462. The molecule has 0 spiro atoms. The van der Waals surface area contributed by atoms with Crippen molar-refractivity contribution < 1.29 is 30.6 Å². The van der Waals surface area contributed by atoms with Gasteiger partial charge in [-0.05, 0) is 18.2 Å². The zero-order chi connectivity index (χ0) is 19.8. The number of primary amides is 1. The number of carbonyl (C=O) groups excluding carboxylic acids is 1. The second-order valence-electron chi connectivity index (χ2n) is 4.46. The van der Waals surface area contributed by atoms with E-state index < -0.39 is 21.5 Å². The molecule has 0 radical (unpaired) electrons. The number of hydrogen-bond donors (Lipinski definition) is 1. The molecule has 7 nitrogen and oxygen atoms in total. The topological polar surface area (TPSA) is 123 Å². The van der Waals surface area contributed by atoms with E-state index in [0.29, 0.717) is 18.4 Å². The number of alkyl halides is 3. The number of amides is 1. The van der Waals surface area contributed by atoms with E-state index in [-0.39, 0.29) is 16.5 Å². The number of rotatable bonds is 5. The monoisotopic (exact) mass is 399 g/mol. The van der Waals surface area contributed by atoms with Gasteiger partial charge in [0, 0.05) is 13.0 Å². The standard InChI is InChI=1S/C11H11F3N2O3S2.C2H5NO/c1-3-4-7-5-9(16-10(20-2)8(7)6-15)19-21(17,18)11(12,13)14;1-2(3)4/h5H,3-4H2,1-2H3;1H3,(H2,3,4). The second-order valence-corrected chi connectivity index (χ2v) is 6.79. The van der Waals surface area contributed by atoms with Crippen molar-refractivity contribution in [3.05, 3.63) is 17.2 Å². The number of carbonyl (C=O) groups is 1. The van der Waals surface area contributed by atoms with Crippen molar-refractivity contribution in [1.29, 1.82) is 5.26 Å². The Labute approximate surface area is 147 Å². The summed E-state index contributed by atoms with van der Waals surface area (Å²) in [5.74, 6) is -1.03. The number of aromatic nitrogens is 1. The zero-order valence-electron chi connectivity index (χ0n) is 13.5. The molecular formula is C13H16F3N3O4S2. The third kappa shape index (κ3) is 7.18. The van der Waals surface area contributed by atoms with E-state index in [2.05, 4.69) is 14.9 Å². The van der Waals surface area contributed by atoms with Crippen LogP contribution in [0.1, 0.15) is 31.4 Å². The van der Waals surface area contributed by atoms with Gasteiger partial charge in [-0.1, -0.05) is 13.3 Å². The first-order valence-electron chi connectivity index (χ1n) is 6.64. The van der Waals surface area contributed by atoms with Gasteiger partial charge in [-0.2, -0.15) is 26.9 Å². The number of aryl methyl sites for hydroxylation is 1. The van der Waals surface area contributed by atoms with Gasteiger partial charge in [0.15, 0.2) is 0 Å². The summed E-state index contributed by atoms with van der Waals surface area (Å²) in [4.78, 5) is 12.9. The molecule has 0 aromatic carbocycles. The fourth-order valence-electron chi connectivity index (χ4n) is 1.48. The Morgan fingerprint density at radius 2 is 2.00 bits per heavy atom. The van der Waals surface area contributed by atoms with Crippen LogP contribution in [0.15, 0.2) is 11.1 Å². The smallest absolute Gasteiger partial charge is 0.370 e. The van der Waals surface area contributed by atoms with E-state index >= 15 is 0 Å². The molecule has 2 N–H and O–H groups in total. The number of halogens is 3. The van der Waals surface area contributed by atoms with Gasteiger partial charge in [-0.15, -0.1) is 11.8 Å². The van der Waals surface area contributed by atoms with E-state index in [9.17, 15) is 26.4 Å². The molecule has 25 heavy (non-hydrogen) atoms. The van der Waals surface area contributed by atoms with Crippen LogP contribution in [-0.2, 0) is 21.3 Å².